The molecule has 1 aromatic rings. The van der Waals surface area contributed by atoms with Crippen molar-refractivity contribution in [2.75, 3.05) is 13.1 Å². The number of urea groups is 1. The van der Waals surface area contributed by atoms with Crippen LogP contribution in [0.3, 0.4) is 0 Å². The summed E-state index contributed by atoms with van der Waals surface area (Å²) in [5, 5.41) is 7.88. The number of hydrogen-bond donors (Lipinski definition) is 3. The van der Waals surface area contributed by atoms with E-state index in [4.69, 9.17) is 0 Å². The average Bonchev–Trinajstić information content (AvgIpc) is 3.43. The Morgan fingerprint density at radius 3 is 2.56 bits per heavy atom. The van der Waals surface area contributed by atoms with Crippen LogP contribution in [-0.4, -0.2) is 53.3 Å². The third-order valence-corrected chi connectivity index (χ3v) is 4.79. The smallest absolute Gasteiger partial charge is 0.325 e. The first kappa shape index (κ1) is 18.9. The van der Waals surface area contributed by atoms with Gasteiger partial charge in [0.25, 0.3) is 5.91 Å². The third-order valence-electron chi connectivity index (χ3n) is 4.79. The zero-order valence-corrected chi connectivity index (χ0v) is 15.3. The zero-order valence-electron chi connectivity index (χ0n) is 15.3. The Hall–Kier alpha value is -2.90. The predicted octanol–water partition coefficient (Wildman–Crippen LogP) is 0.325. The molecule has 2 fully saturated rings. The number of rotatable bonds is 8. The van der Waals surface area contributed by atoms with Crippen LogP contribution in [0.5, 0.6) is 0 Å². The molecule has 2 aliphatic rings. The first-order chi connectivity index (χ1) is 12.9. The minimum atomic E-state index is -1.05. The van der Waals surface area contributed by atoms with Gasteiger partial charge in [-0.2, -0.15) is 0 Å². The molecular formula is C19H24N4O4. The van der Waals surface area contributed by atoms with Gasteiger partial charge in [0.1, 0.15) is 12.1 Å². The maximum atomic E-state index is 12.7. The summed E-state index contributed by atoms with van der Waals surface area (Å²) in [7, 11) is 0. The Bertz CT molecular complexity index is 747. The molecule has 3 rings (SSSR count). The van der Waals surface area contributed by atoms with Gasteiger partial charge in [-0.05, 0) is 38.2 Å². The van der Waals surface area contributed by atoms with E-state index < -0.39 is 29.9 Å². The first-order valence-corrected chi connectivity index (χ1v) is 9.11. The van der Waals surface area contributed by atoms with Crippen molar-refractivity contribution < 1.29 is 19.2 Å². The van der Waals surface area contributed by atoms with E-state index in [9.17, 15) is 19.2 Å². The molecule has 0 unspecified atom stereocenters. The van der Waals surface area contributed by atoms with E-state index in [1.54, 1.807) is 6.92 Å². The zero-order chi connectivity index (χ0) is 19.4. The number of amides is 5. The lowest BCUT2D eigenvalue weighted by Crippen LogP contribution is -2.46. The highest BCUT2D eigenvalue weighted by Gasteiger charge is 2.47. The fourth-order valence-electron chi connectivity index (χ4n) is 2.98. The molecule has 5 amide bonds. The molecule has 0 radical (unpaired) electrons. The molecule has 8 heteroatoms. The highest BCUT2D eigenvalue weighted by molar-refractivity contribution is 6.08. The van der Waals surface area contributed by atoms with E-state index >= 15 is 0 Å². The van der Waals surface area contributed by atoms with Crippen molar-refractivity contribution in [2.24, 2.45) is 0 Å². The van der Waals surface area contributed by atoms with Crippen LogP contribution in [0.4, 0.5) is 4.79 Å². The number of carbonyl (C=O) groups excluding carboxylic acids is 4. The fraction of sp³-hybridized carbons (Fsp3) is 0.474. The Balaban J connectivity index is 1.50. The van der Waals surface area contributed by atoms with Crippen LogP contribution < -0.4 is 16.0 Å². The third kappa shape index (κ3) is 4.84. The van der Waals surface area contributed by atoms with Crippen molar-refractivity contribution in [3.63, 3.8) is 0 Å². The Morgan fingerprint density at radius 2 is 1.89 bits per heavy atom. The van der Waals surface area contributed by atoms with Crippen molar-refractivity contribution in [3.05, 3.63) is 35.9 Å². The average molecular weight is 372 g/mol. The van der Waals surface area contributed by atoms with Gasteiger partial charge in [0.15, 0.2) is 0 Å². The number of aryl methyl sites for hydroxylation is 1. The fourth-order valence-corrected chi connectivity index (χ4v) is 2.98. The Labute approximate surface area is 157 Å². The van der Waals surface area contributed by atoms with Crippen LogP contribution in [0, 0.1) is 0 Å². The van der Waals surface area contributed by atoms with Gasteiger partial charge in [-0.25, -0.2) is 4.79 Å². The molecule has 3 N–H and O–H groups in total. The summed E-state index contributed by atoms with van der Waals surface area (Å²) in [5.41, 5.74) is 0.0231. The largest absolute Gasteiger partial charge is 0.352 e. The molecule has 1 aliphatic heterocycles. The second kappa shape index (κ2) is 7.77. The molecular weight excluding hydrogens is 348 g/mol. The summed E-state index contributed by atoms with van der Waals surface area (Å²) in [5.74, 6) is -1.24. The number of carbonyl (C=O) groups is 4. The topological polar surface area (TPSA) is 108 Å². The first-order valence-electron chi connectivity index (χ1n) is 9.11. The monoisotopic (exact) mass is 372 g/mol. The van der Waals surface area contributed by atoms with Crippen molar-refractivity contribution in [3.8, 4) is 0 Å². The maximum absolute atomic E-state index is 12.7. The van der Waals surface area contributed by atoms with Crippen LogP contribution in [-0.2, 0) is 20.8 Å². The molecule has 1 aromatic carbocycles. The van der Waals surface area contributed by atoms with Gasteiger partial charge in [0.2, 0.25) is 11.8 Å². The quantitative estimate of drug-likeness (QED) is 0.571. The lowest BCUT2D eigenvalue weighted by molar-refractivity contribution is -0.135. The van der Waals surface area contributed by atoms with E-state index in [-0.39, 0.29) is 18.5 Å². The summed E-state index contributed by atoms with van der Waals surface area (Å²) >= 11 is 0. The minimum Gasteiger partial charge on any atom is -0.352 e. The molecule has 0 spiro atoms. The second-order valence-electron chi connectivity index (χ2n) is 7.26. The molecule has 0 bridgehead atoms. The Kier molecular flexibility index (Phi) is 5.43. The normalized spacial score (nSPS) is 21.7. The number of nitrogens with one attached hydrogen (secondary N) is 3. The minimum absolute atomic E-state index is 0.162. The van der Waals surface area contributed by atoms with E-state index in [2.05, 4.69) is 16.0 Å². The van der Waals surface area contributed by atoms with Gasteiger partial charge in [-0.3, -0.25) is 19.3 Å². The van der Waals surface area contributed by atoms with Crippen LogP contribution >= 0.6 is 0 Å². The van der Waals surface area contributed by atoms with Crippen LogP contribution in [0.1, 0.15) is 31.7 Å². The van der Waals surface area contributed by atoms with E-state index in [0.717, 1.165) is 23.3 Å². The summed E-state index contributed by atoms with van der Waals surface area (Å²) in [4.78, 5) is 49.4. The van der Waals surface area contributed by atoms with Gasteiger partial charge in [0.05, 0.1) is 6.54 Å². The standard InChI is InChI=1S/C19H24N4O4/c1-19(10-9-13-5-3-2-4-6-13)17(26)23(18(27)22-19)12-16(25)20-11-15(24)21-14-7-8-14/h2-6,14H,7-12H2,1H3,(H,20,25)(H,21,24)(H,22,27)/t19-/m0/s1. The molecule has 1 saturated heterocycles. The summed E-state index contributed by atoms with van der Waals surface area (Å²) in [6.07, 6.45) is 2.99. The van der Waals surface area contributed by atoms with Gasteiger partial charge in [-0.15, -0.1) is 0 Å². The lowest BCUT2D eigenvalue weighted by Gasteiger charge is -2.21. The predicted molar refractivity (Wildman–Crippen MR) is 97.6 cm³/mol. The molecule has 27 heavy (non-hydrogen) atoms. The van der Waals surface area contributed by atoms with Crippen molar-refractivity contribution in [2.45, 2.75) is 44.2 Å². The summed E-state index contributed by atoms with van der Waals surface area (Å²) < 4.78 is 0. The van der Waals surface area contributed by atoms with Gasteiger partial charge in [0, 0.05) is 6.04 Å². The molecule has 1 atom stereocenters. The molecule has 144 valence electrons. The number of benzene rings is 1. The second-order valence-corrected chi connectivity index (χ2v) is 7.26. The number of imide groups is 1. The van der Waals surface area contributed by atoms with E-state index in [1.165, 1.54) is 0 Å². The maximum Gasteiger partial charge on any atom is 0.325 e. The summed E-state index contributed by atoms with van der Waals surface area (Å²) in [6, 6.07) is 9.30. The number of hydrogen-bond acceptors (Lipinski definition) is 4. The van der Waals surface area contributed by atoms with Crippen LogP contribution in [0.25, 0.3) is 0 Å². The summed E-state index contributed by atoms with van der Waals surface area (Å²) in [6.45, 7) is 1.10. The van der Waals surface area contributed by atoms with Gasteiger partial charge < -0.3 is 16.0 Å². The SMILES string of the molecule is C[C@@]1(CCc2ccccc2)NC(=O)N(CC(=O)NCC(=O)NC2CC2)C1=O. The van der Waals surface area contributed by atoms with E-state index in [0.29, 0.717) is 12.8 Å². The molecule has 8 nitrogen and oxygen atoms in total. The van der Waals surface area contributed by atoms with Crippen LogP contribution in [0.2, 0.25) is 0 Å². The van der Waals surface area contributed by atoms with Crippen molar-refractivity contribution in [1.29, 1.82) is 0 Å². The highest BCUT2D eigenvalue weighted by atomic mass is 16.2. The van der Waals surface area contributed by atoms with E-state index in [1.807, 2.05) is 30.3 Å². The lowest BCUT2D eigenvalue weighted by atomic mass is 9.93. The Morgan fingerprint density at radius 1 is 1.19 bits per heavy atom. The molecule has 1 heterocycles. The van der Waals surface area contributed by atoms with Crippen molar-refractivity contribution >= 4 is 23.8 Å². The molecule has 0 aromatic heterocycles. The van der Waals surface area contributed by atoms with Gasteiger partial charge >= 0.3 is 6.03 Å². The van der Waals surface area contributed by atoms with Gasteiger partial charge in [-0.1, -0.05) is 30.3 Å². The van der Waals surface area contributed by atoms with Crippen LogP contribution in [0.15, 0.2) is 30.3 Å². The molecule has 1 saturated carbocycles. The van der Waals surface area contributed by atoms with Crippen molar-refractivity contribution in [1.82, 2.24) is 20.9 Å². The molecule has 1 aliphatic carbocycles. The highest BCUT2D eigenvalue weighted by Crippen LogP contribution is 2.23. The number of nitrogens with zero attached hydrogens (tertiary/aromatic N) is 1.